The van der Waals surface area contributed by atoms with E-state index in [0.717, 1.165) is 81.1 Å². The summed E-state index contributed by atoms with van der Waals surface area (Å²) in [7, 11) is 0. The van der Waals surface area contributed by atoms with Gasteiger partial charge in [0.05, 0.1) is 18.9 Å². The van der Waals surface area contributed by atoms with Crippen LogP contribution in [-0.2, 0) is 24.0 Å². The van der Waals surface area contributed by atoms with Crippen molar-refractivity contribution in [1.29, 1.82) is 0 Å². The molecule has 0 aliphatic carbocycles. The minimum atomic E-state index is 0.0421. The zero-order chi connectivity index (χ0) is 19.9. The van der Waals surface area contributed by atoms with Gasteiger partial charge in [0, 0.05) is 57.3 Å². The van der Waals surface area contributed by atoms with Gasteiger partial charge >= 0.3 is 6.03 Å². The van der Waals surface area contributed by atoms with Crippen molar-refractivity contribution in [3.05, 3.63) is 17.1 Å². The molecule has 3 rings (SSSR count). The maximum absolute atomic E-state index is 12.3. The van der Waals surface area contributed by atoms with Crippen molar-refractivity contribution in [2.24, 2.45) is 5.92 Å². The second-order valence-electron chi connectivity index (χ2n) is 8.05. The van der Waals surface area contributed by atoms with Gasteiger partial charge < -0.3 is 19.7 Å². The Labute approximate surface area is 168 Å². The van der Waals surface area contributed by atoms with Crippen molar-refractivity contribution in [1.82, 2.24) is 20.2 Å². The van der Waals surface area contributed by atoms with Crippen molar-refractivity contribution < 1.29 is 14.3 Å². The number of nitrogens with zero attached hydrogens (tertiary/aromatic N) is 3. The first-order valence-corrected chi connectivity index (χ1v) is 10.7. The number of aromatic nitrogens is 2. The van der Waals surface area contributed by atoms with E-state index in [4.69, 9.17) is 9.47 Å². The molecular weight excluding hydrogens is 356 g/mol. The lowest BCUT2D eigenvalue weighted by Gasteiger charge is -2.32. The third-order valence-electron chi connectivity index (χ3n) is 5.40. The second kappa shape index (κ2) is 10.0. The van der Waals surface area contributed by atoms with Gasteiger partial charge in [0.15, 0.2) is 0 Å². The zero-order valence-electron chi connectivity index (χ0n) is 17.5. The first kappa shape index (κ1) is 20.8. The molecule has 0 atom stereocenters. The molecule has 7 nitrogen and oxygen atoms in total. The molecule has 1 fully saturated rings. The zero-order valence-corrected chi connectivity index (χ0v) is 17.5. The summed E-state index contributed by atoms with van der Waals surface area (Å²) < 4.78 is 11.9. The van der Waals surface area contributed by atoms with Crippen LogP contribution in [-0.4, -0.2) is 59.9 Å². The molecule has 2 aliphatic heterocycles. The van der Waals surface area contributed by atoms with Gasteiger partial charge in [-0.15, -0.1) is 0 Å². The number of ether oxygens (including phenoxy) is 2. The summed E-state index contributed by atoms with van der Waals surface area (Å²) >= 11 is 0. The van der Waals surface area contributed by atoms with Crippen LogP contribution in [0, 0.1) is 5.92 Å². The molecule has 2 amide bonds. The largest absolute Gasteiger partial charge is 0.474 e. The molecule has 0 bridgehead atoms. The Bertz CT molecular complexity index is 657. The Kier molecular flexibility index (Phi) is 7.48. The Balaban J connectivity index is 1.57. The maximum atomic E-state index is 12.3. The second-order valence-corrected chi connectivity index (χ2v) is 8.05. The van der Waals surface area contributed by atoms with Crippen LogP contribution in [0.3, 0.4) is 0 Å². The molecule has 1 aromatic heterocycles. The van der Waals surface area contributed by atoms with Gasteiger partial charge in [0.25, 0.3) is 0 Å². The van der Waals surface area contributed by atoms with E-state index in [0.29, 0.717) is 19.1 Å². The van der Waals surface area contributed by atoms with Crippen LogP contribution in [0.1, 0.15) is 57.1 Å². The average molecular weight is 391 g/mol. The summed E-state index contributed by atoms with van der Waals surface area (Å²) in [5.74, 6) is 2.16. The molecule has 1 saturated heterocycles. The summed E-state index contributed by atoms with van der Waals surface area (Å²) in [6.45, 7) is 9.96. The smallest absolute Gasteiger partial charge is 0.317 e. The summed E-state index contributed by atoms with van der Waals surface area (Å²) in [4.78, 5) is 23.6. The highest BCUT2D eigenvalue weighted by molar-refractivity contribution is 5.74. The van der Waals surface area contributed by atoms with Crippen LogP contribution >= 0.6 is 0 Å². The Morgan fingerprint density at radius 3 is 2.71 bits per heavy atom. The lowest BCUT2D eigenvalue weighted by atomic mass is 10.1. The molecule has 3 heterocycles. The fourth-order valence-electron chi connectivity index (χ4n) is 3.63. The van der Waals surface area contributed by atoms with E-state index in [-0.39, 0.29) is 12.1 Å². The van der Waals surface area contributed by atoms with E-state index >= 15 is 0 Å². The number of nitrogens with one attached hydrogen (secondary N) is 1. The fraction of sp³-hybridized carbons (Fsp3) is 0.762. The number of likely N-dealkylation sites (tertiary alicyclic amines) is 1. The van der Waals surface area contributed by atoms with E-state index in [1.807, 2.05) is 4.90 Å². The van der Waals surface area contributed by atoms with Gasteiger partial charge in [-0.2, -0.15) is 4.98 Å². The molecule has 28 heavy (non-hydrogen) atoms. The van der Waals surface area contributed by atoms with Crippen molar-refractivity contribution in [2.45, 2.75) is 65.4 Å². The number of hydrogen-bond donors (Lipinski definition) is 1. The average Bonchev–Trinajstić information content (AvgIpc) is 2.93. The Morgan fingerprint density at radius 2 is 2.00 bits per heavy atom. The van der Waals surface area contributed by atoms with Gasteiger partial charge in [0.1, 0.15) is 11.9 Å². The number of hydrogen-bond acceptors (Lipinski definition) is 5. The van der Waals surface area contributed by atoms with Gasteiger partial charge in [0.2, 0.25) is 5.88 Å². The molecular formula is C21H34N4O3. The van der Waals surface area contributed by atoms with E-state index < -0.39 is 0 Å². The van der Waals surface area contributed by atoms with Gasteiger partial charge in [-0.3, -0.25) is 0 Å². The molecule has 0 aromatic carbocycles. The predicted molar refractivity (Wildman–Crippen MR) is 108 cm³/mol. The monoisotopic (exact) mass is 390 g/mol. The van der Waals surface area contributed by atoms with E-state index in [1.165, 1.54) is 0 Å². The van der Waals surface area contributed by atoms with E-state index in [9.17, 15) is 4.79 Å². The number of rotatable bonds is 6. The number of fused-ring (bicyclic) bond motifs is 1. The van der Waals surface area contributed by atoms with Crippen LogP contribution in [0.25, 0.3) is 0 Å². The molecule has 156 valence electrons. The van der Waals surface area contributed by atoms with Crippen molar-refractivity contribution in [3.63, 3.8) is 0 Å². The van der Waals surface area contributed by atoms with Crippen LogP contribution in [0.5, 0.6) is 5.88 Å². The summed E-state index contributed by atoms with van der Waals surface area (Å²) in [5.41, 5.74) is 2.17. The number of carbonyl (C=O) groups is 1. The van der Waals surface area contributed by atoms with Crippen molar-refractivity contribution in [2.75, 3.05) is 32.8 Å². The molecule has 0 radical (unpaired) electrons. The minimum Gasteiger partial charge on any atom is -0.474 e. The lowest BCUT2D eigenvalue weighted by molar-refractivity contribution is 0.105. The first-order chi connectivity index (χ1) is 13.6. The number of urea groups is 1. The topological polar surface area (TPSA) is 76.6 Å². The van der Waals surface area contributed by atoms with Crippen LogP contribution < -0.4 is 10.1 Å². The standard InChI is InChI=1S/C21H34N4O3/c1-4-19-23-18-9-14-27-13-8-17(18)20(24-19)28-16-6-11-25(12-7-16)21(26)22-10-5-15(2)3/h15-16H,4-14H2,1-3H3,(H,22,26). The highest BCUT2D eigenvalue weighted by Crippen LogP contribution is 2.26. The quantitative estimate of drug-likeness (QED) is 0.808. The van der Waals surface area contributed by atoms with Crippen LogP contribution in [0.4, 0.5) is 4.79 Å². The minimum absolute atomic E-state index is 0.0421. The SMILES string of the molecule is CCc1nc2c(c(OC3CCN(C(=O)NCCC(C)C)CC3)n1)CCOCC2. The molecule has 0 unspecified atom stereocenters. The van der Waals surface area contributed by atoms with Crippen molar-refractivity contribution >= 4 is 6.03 Å². The molecule has 0 saturated carbocycles. The molecule has 1 aromatic rings. The first-order valence-electron chi connectivity index (χ1n) is 10.7. The fourth-order valence-corrected chi connectivity index (χ4v) is 3.63. The summed E-state index contributed by atoms with van der Waals surface area (Å²) in [6.07, 6.45) is 5.16. The van der Waals surface area contributed by atoms with Crippen LogP contribution in [0.2, 0.25) is 0 Å². The Hall–Kier alpha value is -1.89. The van der Waals surface area contributed by atoms with Gasteiger partial charge in [-0.05, 0) is 12.3 Å². The number of piperidine rings is 1. The van der Waals surface area contributed by atoms with Crippen LogP contribution in [0.15, 0.2) is 0 Å². The molecule has 2 aliphatic rings. The Morgan fingerprint density at radius 1 is 1.25 bits per heavy atom. The predicted octanol–water partition coefficient (Wildman–Crippen LogP) is 2.75. The van der Waals surface area contributed by atoms with E-state index in [2.05, 4.69) is 36.1 Å². The number of amides is 2. The highest BCUT2D eigenvalue weighted by Gasteiger charge is 2.26. The normalized spacial score (nSPS) is 17.9. The third kappa shape index (κ3) is 5.56. The molecule has 0 spiro atoms. The maximum Gasteiger partial charge on any atom is 0.317 e. The third-order valence-corrected chi connectivity index (χ3v) is 5.40. The van der Waals surface area contributed by atoms with Gasteiger partial charge in [-0.1, -0.05) is 20.8 Å². The van der Waals surface area contributed by atoms with Gasteiger partial charge in [-0.25, -0.2) is 9.78 Å². The summed E-state index contributed by atoms with van der Waals surface area (Å²) in [5, 5.41) is 3.02. The summed E-state index contributed by atoms with van der Waals surface area (Å²) in [6, 6.07) is 0.0421. The number of aryl methyl sites for hydroxylation is 1. The number of carbonyl (C=O) groups excluding carboxylic acids is 1. The van der Waals surface area contributed by atoms with E-state index in [1.54, 1.807) is 0 Å². The lowest BCUT2D eigenvalue weighted by Crippen LogP contribution is -2.46. The highest BCUT2D eigenvalue weighted by atomic mass is 16.5. The molecule has 1 N–H and O–H groups in total. The van der Waals surface area contributed by atoms with Crippen molar-refractivity contribution in [3.8, 4) is 5.88 Å². The molecule has 7 heteroatoms.